The summed E-state index contributed by atoms with van der Waals surface area (Å²) in [4.78, 5) is 13.1. The SMILES string of the molecule is CCc1c(F)ccc([C@@H]2C[C@](C)(C(F)(F)F)O[C@H]2C(=O)Nc2cn(S(C)(=O)=O)nc2C)c1OC. The average Bonchev–Trinajstić information content (AvgIpc) is 3.28. The molecule has 2 aromatic rings. The minimum Gasteiger partial charge on any atom is -0.496 e. The summed E-state index contributed by atoms with van der Waals surface area (Å²) < 4.78 is 90.6. The van der Waals surface area contributed by atoms with Crippen LogP contribution in [0.5, 0.6) is 5.75 Å². The van der Waals surface area contributed by atoms with Crippen LogP contribution in [0.1, 0.15) is 43.0 Å². The molecular weight excluding hydrogens is 482 g/mol. The van der Waals surface area contributed by atoms with Gasteiger partial charge in [-0.25, -0.2) is 12.8 Å². The zero-order chi connectivity index (χ0) is 25.6. The number of nitrogens with one attached hydrogen (secondary N) is 1. The molecule has 1 amide bonds. The van der Waals surface area contributed by atoms with Gasteiger partial charge in [-0.05, 0) is 32.8 Å². The third-order valence-corrected chi connectivity index (χ3v) is 6.75. The quantitative estimate of drug-likeness (QED) is 0.601. The maximum absolute atomic E-state index is 14.3. The van der Waals surface area contributed by atoms with Gasteiger partial charge in [0.25, 0.3) is 15.9 Å². The lowest BCUT2D eigenvalue weighted by Crippen LogP contribution is -2.43. The predicted molar refractivity (Wildman–Crippen MR) is 115 cm³/mol. The number of anilines is 1. The molecule has 1 aliphatic rings. The van der Waals surface area contributed by atoms with Crippen molar-refractivity contribution >= 4 is 21.6 Å². The molecule has 34 heavy (non-hydrogen) atoms. The molecule has 0 spiro atoms. The average molecular weight is 508 g/mol. The van der Waals surface area contributed by atoms with Gasteiger partial charge in [0, 0.05) is 17.0 Å². The Bertz CT molecular complexity index is 1210. The summed E-state index contributed by atoms with van der Waals surface area (Å²) in [5.74, 6) is -2.58. The molecule has 2 heterocycles. The molecule has 0 unspecified atom stereocenters. The van der Waals surface area contributed by atoms with Crippen molar-refractivity contribution in [1.29, 1.82) is 0 Å². The lowest BCUT2D eigenvalue weighted by Gasteiger charge is -2.27. The number of ether oxygens (including phenoxy) is 2. The first-order valence-electron chi connectivity index (χ1n) is 10.3. The van der Waals surface area contributed by atoms with E-state index in [0.717, 1.165) is 25.4 Å². The van der Waals surface area contributed by atoms with Crippen molar-refractivity contribution in [2.75, 3.05) is 18.7 Å². The van der Waals surface area contributed by atoms with Gasteiger partial charge in [-0.15, -0.1) is 0 Å². The van der Waals surface area contributed by atoms with Crippen molar-refractivity contribution in [3.05, 3.63) is 41.0 Å². The summed E-state index contributed by atoms with van der Waals surface area (Å²) in [6.07, 6.45) is -4.87. The number of halogens is 4. The van der Waals surface area contributed by atoms with Crippen molar-refractivity contribution in [1.82, 2.24) is 9.19 Å². The molecule has 1 saturated heterocycles. The molecule has 188 valence electrons. The van der Waals surface area contributed by atoms with Crippen LogP contribution in [0.25, 0.3) is 0 Å². The molecule has 0 bridgehead atoms. The Labute approximate surface area is 194 Å². The van der Waals surface area contributed by atoms with E-state index >= 15 is 0 Å². The normalized spacial score (nSPS) is 23.2. The van der Waals surface area contributed by atoms with Crippen molar-refractivity contribution in [3.8, 4) is 5.75 Å². The number of methoxy groups -OCH3 is 1. The van der Waals surface area contributed by atoms with Crippen LogP contribution >= 0.6 is 0 Å². The molecule has 0 radical (unpaired) electrons. The zero-order valence-corrected chi connectivity index (χ0v) is 20.0. The Balaban J connectivity index is 2.05. The van der Waals surface area contributed by atoms with Crippen molar-refractivity contribution in [2.24, 2.45) is 0 Å². The smallest absolute Gasteiger partial charge is 0.417 e. The number of carbonyl (C=O) groups excluding carboxylic acids is 1. The summed E-state index contributed by atoms with van der Waals surface area (Å²) in [5.41, 5.74) is -2.14. The third-order valence-electron chi connectivity index (χ3n) is 5.89. The highest BCUT2D eigenvalue weighted by Crippen LogP contribution is 2.51. The van der Waals surface area contributed by atoms with E-state index in [4.69, 9.17) is 9.47 Å². The molecular formula is C21H25F4N3O5S. The van der Waals surface area contributed by atoms with Gasteiger partial charge >= 0.3 is 6.18 Å². The lowest BCUT2D eigenvalue weighted by molar-refractivity contribution is -0.261. The maximum atomic E-state index is 14.3. The number of benzene rings is 1. The Hall–Kier alpha value is -2.67. The first kappa shape index (κ1) is 25.9. The first-order chi connectivity index (χ1) is 15.6. The van der Waals surface area contributed by atoms with Gasteiger partial charge in [-0.1, -0.05) is 13.0 Å². The topological polar surface area (TPSA) is 99.5 Å². The molecule has 0 aliphatic carbocycles. The monoisotopic (exact) mass is 507 g/mol. The van der Waals surface area contributed by atoms with E-state index in [1.165, 1.54) is 20.1 Å². The fourth-order valence-corrected chi connectivity index (χ4v) is 4.61. The lowest BCUT2D eigenvalue weighted by atomic mass is 9.84. The number of alkyl halides is 3. The van der Waals surface area contributed by atoms with Gasteiger partial charge in [-0.3, -0.25) is 4.79 Å². The second-order valence-corrected chi connectivity index (χ2v) is 10.2. The van der Waals surface area contributed by atoms with Crippen molar-refractivity contribution < 1.29 is 40.2 Å². The second-order valence-electron chi connectivity index (χ2n) is 8.33. The van der Waals surface area contributed by atoms with Crippen LogP contribution < -0.4 is 10.1 Å². The zero-order valence-electron chi connectivity index (χ0n) is 19.2. The first-order valence-corrected chi connectivity index (χ1v) is 12.1. The van der Waals surface area contributed by atoms with Crippen LogP contribution in [0.2, 0.25) is 0 Å². The van der Waals surface area contributed by atoms with Crippen molar-refractivity contribution in [3.63, 3.8) is 0 Å². The summed E-state index contributed by atoms with van der Waals surface area (Å²) in [7, 11) is -2.48. The number of nitrogens with zero attached hydrogens (tertiary/aromatic N) is 2. The molecule has 8 nitrogen and oxygen atoms in total. The van der Waals surface area contributed by atoms with E-state index < -0.39 is 52.0 Å². The minimum atomic E-state index is -4.79. The number of aromatic nitrogens is 2. The summed E-state index contributed by atoms with van der Waals surface area (Å²) in [6, 6.07) is 2.41. The van der Waals surface area contributed by atoms with E-state index in [1.807, 2.05) is 0 Å². The van der Waals surface area contributed by atoms with Crippen LogP contribution in [0, 0.1) is 12.7 Å². The predicted octanol–water partition coefficient (Wildman–Crippen LogP) is 3.54. The van der Waals surface area contributed by atoms with Crippen molar-refractivity contribution in [2.45, 2.75) is 57.4 Å². The van der Waals surface area contributed by atoms with Crippen LogP contribution in [-0.4, -0.2) is 54.8 Å². The van der Waals surface area contributed by atoms with E-state index in [2.05, 4.69) is 10.4 Å². The number of hydrogen-bond acceptors (Lipinski definition) is 6. The Morgan fingerprint density at radius 2 is 2.03 bits per heavy atom. The highest BCUT2D eigenvalue weighted by molar-refractivity contribution is 7.89. The van der Waals surface area contributed by atoms with Gasteiger partial charge in [0.1, 0.15) is 17.7 Å². The molecule has 1 aromatic heterocycles. The Morgan fingerprint density at radius 1 is 1.38 bits per heavy atom. The highest BCUT2D eigenvalue weighted by Gasteiger charge is 2.61. The molecule has 0 saturated carbocycles. The standard InChI is InChI=1S/C21H25F4N3O5S/c1-6-12-15(22)8-7-13(17(12)32-4)14-9-20(3,21(23,24)25)33-18(14)19(29)26-16-10-28(27-11(16)2)34(5,30)31/h7-8,10,14,18H,6,9H2,1-5H3,(H,26,29)/t14-,18+,20+/m0/s1. The number of carbonyl (C=O) groups is 1. The van der Waals surface area contributed by atoms with E-state index in [9.17, 15) is 30.8 Å². The molecule has 3 atom stereocenters. The van der Waals surface area contributed by atoms with Crippen LogP contribution in [0.4, 0.5) is 23.2 Å². The summed E-state index contributed by atoms with van der Waals surface area (Å²) >= 11 is 0. The number of hydrogen-bond donors (Lipinski definition) is 1. The van der Waals surface area contributed by atoms with E-state index in [0.29, 0.717) is 4.09 Å². The van der Waals surface area contributed by atoms with Gasteiger partial charge < -0.3 is 14.8 Å². The fraction of sp³-hybridized carbons (Fsp3) is 0.524. The molecule has 1 aliphatic heterocycles. The van der Waals surface area contributed by atoms with Crippen LogP contribution in [-0.2, 0) is 26.0 Å². The number of amides is 1. The summed E-state index contributed by atoms with van der Waals surface area (Å²) in [5, 5.41) is 6.21. The Kier molecular flexibility index (Phi) is 6.74. The van der Waals surface area contributed by atoms with Crippen LogP contribution in [0.3, 0.4) is 0 Å². The van der Waals surface area contributed by atoms with E-state index in [1.54, 1.807) is 6.92 Å². The number of aryl methyl sites for hydroxylation is 1. The molecule has 13 heteroatoms. The second kappa shape index (κ2) is 8.84. The third kappa shape index (κ3) is 4.63. The number of rotatable bonds is 6. The van der Waals surface area contributed by atoms with Gasteiger partial charge in [0.15, 0.2) is 5.60 Å². The van der Waals surface area contributed by atoms with Gasteiger partial charge in [0.2, 0.25) is 0 Å². The molecule has 1 fully saturated rings. The molecule has 1 aromatic carbocycles. The van der Waals surface area contributed by atoms with Crippen LogP contribution in [0.15, 0.2) is 18.3 Å². The highest BCUT2D eigenvalue weighted by atomic mass is 32.2. The summed E-state index contributed by atoms with van der Waals surface area (Å²) in [6.45, 7) is 3.94. The van der Waals surface area contributed by atoms with Gasteiger partial charge in [-0.2, -0.15) is 22.4 Å². The Morgan fingerprint density at radius 3 is 2.53 bits per heavy atom. The van der Waals surface area contributed by atoms with E-state index in [-0.39, 0.29) is 34.7 Å². The molecule has 1 N–H and O–H groups in total. The fourth-order valence-electron chi connectivity index (χ4n) is 4.04. The van der Waals surface area contributed by atoms with Gasteiger partial charge in [0.05, 0.1) is 30.9 Å². The minimum absolute atomic E-state index is 0.00120. The largest absolute Gasteiger partial charge is 0.496 e. The molecule has 3 rings (SSSR count). The maximum Gasteiger partial charge on any atom is 0.417 e.